The normalized spacial score (nSPS) is 12.8. The number of esters is 1. The lowest BCUT2D eigenvalue weighted by Crippen LogP contribution is -2.45. The van der Waals surface area contributed by atoms with Gasteiger partial charge in [0.05, 0.1) is 25.4 Å². The van der Waals surface area contributed by atoms with Crippen LogP contribution in [0.3, 0.4) is 0 Å². The van der Waals surface area contributed by atoms with E-state index in [1.807, 2.05) is 6.08 Å². The molecule has 1 amide bonds. The summed E-state index contributed by atoms with van der Waals surface area (Å²) in [6, 6.07) is -0.633. The summed E-state index contributed by atoms with van der Waals surface area (Å²) in [5, 5.41) is 23.2. The first kappa shape index (κ1) is 70.1. The molecule has 6 heteroatoms. The van der Waals surface area contributed by atoms with Gasteiger partial charge in [0.2, 0.25) is 5.91 Å². The Hall–Kier alpha value is -1.92. The number of carbonyl (C=O) groups excluding carboxylic acids is 2. The van der Waals surface area contributed by atoms with Crippen molar-refractivity contribution >= 4 is 11.9 Å². The van der Waals surface area contributed by atoms with Crippen LogP contribution in [0.1, 0.15) is 348 Å². The molecule has 0 aromatic carbocycles. The van der Waals surface area contributed by atoms with Crippen molar-refractivity contribution in [3.8, 4) is 0 Å². The van der Waals surface area contributed by atoms with E-state index in [9.17, 15) is 19.8 Å². The number of ether oxygens (including phenoxy) is 1. The van der Waals surface area contributed by atoms with Crippen LogP contribution in [0.5, 0.6) is 0 Å². The molecule has 3 N–H and O–H groups in total. The van der Waals surface area contributed by atoms with E-state index in [0.29, 0.717) is 19.4 Å². The molecule has 0 bridgehead atoms. The fraction of sp³-hybridized carbons (Fsp3) is 0.879. The third-order valence-electron chi connectivity index (χ3n) is 14.9. The highest BCUT2D eigenvalue weighted by Crippen LogP contribution is 2.18. The van der Waals surface area contributed by atoms with Gasteiger partial charge in [-0.25, -0.2) is 0 Å². The van der Waals surface area contributed by atoms with E-state index in [4.69, 9.17) is 4.74 Å². The van der Waals surface area contributed by atoms with E-state index < -0.39 is 12.1 Å². The number of rotatable bonds is 60. The lowest BCUT2D eigenvalue weighted by atomic mass is 10.0. The minimum Gasteiger partial charge on any atom is -0.465 e. The van der Waals surface area contributed by atoms with Gasteiger partial charge in [0.15, 0.2) is 0 Å². The lowest BCUT2D eigenvalue weighted by molar-refractivity contribution is -0.143. The molecule has 0 fully saturated rings. The van der Waals surface area contributed by atoms with Crippen LogP contribution in [0, 0.1) is 0 Å². The van der Waals surface area contributed by atoms with Crippen molar-refractivity contribution in [2.45, 2.75) is 360 Å². The topological polar surface area (TPSA) is 95.9 Å². The first-order chi connectivity index (χ1) is 35.5. The summed E-state index contributed by atoms with van der Waals surface area (Å²) in [5.74, 6) is -0.104. The molecular weight excluding hydrogens is 887 g/mol. The molecule has 0 spiro atoms. The quantitative estimate of drug-likeness (QED) is 0.0320. The molecule has 6 nitrogen and oxygen atoms in total. The molecule has 0 rings (SSSR count). The molecule has 424 valence electrons. The second-order valence-electron chi connectivity index (χ2n) is 22.1. The molecule has 0 radical (unpaired) electrons. The Kier molecular flexibility index (Phi) is 60.0. The average Bonchev–Trinajstić information content (AvgIpc) is 3.38. The maximum absolute atomic E-state index is 12.5. The molecule has 72 heavy (non-hydrogen) atoms. The van der Waals surface area contributed by atoms with E-state index in [1.54, 1.807) is 6.08 Å². The molecule has 0 aromatic heterocycles. The van der Waals surface area contributed by atoms with E-state index in [0.717, 1.165) is 51.4 Å². The summed E-state index contributed by atoms with van der Waals surface area (Å²) >= 11 is 0. The second kappa shape index (κ2) is 61.6. The monoisotopic (exact) mass is 1010 g/mol. The third-order valence-corrected chi connectivity index (χ3v) is 14.9. The Morgan fingerprint density at radius 2 is 0.694 bits per heavy atom. The molecule has 0 aliphatic rings. The highest BCUT2D eigenvalue weighted by atomic mass is 16.5. The van der Waals surface area contributed by atoms with Gasteiger partial charge in [-0.15, -0.1) is 0 Å². The molecule has 2 atom stereocenters. The Bertz CT molecular complexity index is 1170. The summed E-state index contributed by atoms with van der Waals surface area (Å²) in [5.41, 5.74) is 0. The largest absolute Gasteiger partial charge is 0.465 e. The van der Waals surface area contributed by atoms with Crippen LogP contribution in [0.4, 0.5) is 0 Å². The number of aliphatic hydroxyl groups is 2. The van der Waals surface area contributed by atoms with Crippen molar-refractivity contribution in [1.29, 1.82) is 0 Å². The maximum atomic E-state index is 12.5. The van der Waals surface area contributed by atoms with E-state index in [1.165, 1.54) is 270 Å². The van der Waals surface area contributed by atoms with Gasteiger partial charge in [0, 0.05) is 12.8 Å². The molecule has 0 aromatic rings. The first-order valence-corrected chi connectivity index (χ1v) is 32.3. The van der Waals surface area contributed by atoms with Crippen LogP contribution < -0.4 is 5.32 Å². The minimum atomic E-state index is -0.849. The van der Waals surface area contributed by atoms with Crippen LogP contribution in [0.15, 0.2) is 36.5 Å². The van der Waals surface area contributed by atoms with Crippen LogP contribution >= 0.6 is 0 Å². The number of hydrogen-bond acceptors (Lipinski definition) is 5. The first-order valence-electron chi connectivity index (χ1n) is 32.3. The van der Waals surface area contributed by atoms with Crippen LogP contribution in [0.2, 0.25) is 0 Å². The highest BCUT2D eigenvalue weighted by Gasteiger charge is 2.18. The molecule has 2 unspecified atom stereocenters. The number of carbonyl (C=O) groups is 2. The number of nitrogens with one attached hydrogen (secondary N) is 1. The summed E-state index contributed by atoms with van der Waals surface area (Å²) in [4.78, 5) is 24.5. The second-order valence-corrected chi connectivity index (χ2v) is 22.1. The SMILES string of the molecule is CCCCCCCCCCCCCCCCCCCCC/C=C/C(O)C(CO)NC(=O)CCCCCCCCCCCCCCCC/C=C\C/C=C\CCOC(=O)CCCCCCCCCCCCCCC. The van der Waals surface area contributed by atoms with Gasteiger partial charge >= 0.3 is 5.97 Å². The fourth-order valence-corrected chi connectivity index (χ4v) is 10.0. The van der Waals surface area contributed by atoms with E-state index >= 15 is 0 Å². The summed E-state index contributed by atoms with van der Waals surface area (Å²) in [7, 11) is 0. The van der Waals surface area contributed by atoms with Crippen LogP contribution in [-0.4, -0.2) is 47.4 Å². The number of aliphatic hydroxyl groups excluding tert-OH is 2. The number of unbranched alkanes of at least 4 members (excludes halogenated alkanes) is 45. The van der Waals surface area contributed by atoms with Crippen molar-refractivity contribution in [2.75, 3.05) is 13.2 Å². The maximum Gasteiger partial charge on any atom is 0.305 e. The zero-order valence-corrected chi connectivity index (χ0v) is 48.4. The van der Waals surface area contributed by atoms with Crippen LogP contribution in [-0.2, 0) is 14.3 Å². The molecule has 0 saturated carbocycles. The number of allylic oxidation sites excluding steroid dienone is 4. The van der Waals surface area contributed by atoms with Crippen molar-refractivity contribution in [1.82, 2.24) is 5.32 Å². The van der Waals surface area contributed by atoms with Crippen molar-refractivity contribution in [3.63, 3.8) is 0 Å². The Morgan fingerprint density at radius 3 is 1.06 bits per heavy atom. The molecule has 0 aliphatic carbocycles. The van der Waals surface area contributed by atoms with Gasteiger partial charge in [-0.05, 0) is 51.4 Å². The zero-order valence-electron chi connectivity index (χ0n) is 48.4. The highest BCUT2D eigenvalue weighted by molar-refractivity contribution is 5.76. The Morgan fingerprint density at radius 1 is 0.389 bits per heavy atom. The van der Waals surface area contributed by atoms with Gasteiger partial charge in [0.1, 0.15) is 0 Å². The number of hydrogen-bond donors (Lipinski definition) is 3. The summed E-state index contributed by atoms with van der Waals surface area (Å²) < 4.78 is 5.41. The van der Waals surface area contributed by atoms with Crippen molar-refractivity contribution in [2.24, 2.45) is 0 Å². The summed E-state index contributed by atoms with van der Waals surface area (Å²) in [6.07, 6.45) is 77.8. The molecule has 0 saturated heterocycles. The minimum absolute atomic E-state index is 0.0340. The van der Waals surface area contributed by atoms with Gasteiger partial charge in [-0.2, -0.15) is 0 Å². The standard InChI is InChI=1S/C66H125NO5/c1-3-5-7-9-11-13-15-17-18-19-20-22-25-28-31-35-38-42-46-50-54-58-64(69)63(62-68)67-65(70)59-55-51-47-43-39-36-32-29-26-23-21-24-27-30-33-37-41-45-49-53-57-61-72-66(71)60-56-52-48-44-40-34-16-14-12-10-8-6-4-2/h37,41,49,53-54,58,63-64,68-69H,3-36,38-40,42-48,50-52,55-57,59-62H2,1-2H3,(H,67,70)/b41-37-,53-49-,58-54+. The van der Waals surface area contributed by atoms with Crippen LogP contribution in [0.25, 0.3) is 0 Å². The number of amides is 1. The Balaban J connectivity index is 3.48. The van der Waals surface area contributed by atoms with E-state index in [2.05, 4.69) is 43.5 Å². The van der Waals surface area contributed by atoms with Crippen molar-refractivity contribution < 1.29 is 24.5 Å². The molecular formula is C66H125NO5. The van der Waals surface area contributed by atoms with Crippen molar-refractivity contribution in [3.05, 3.63) is 36.5 Å². The fourth-order valence-electron chi connectivity index (χ4n) is 10.0. The lowest BCUT2D eigenvalue weighted by Gasteiger charge is -2.20. The van der Waals surface area contributed by atoms with Gasteiger partial charge < -0.3 is 20.3 Å². The smallest absolute Gasteiger partial charge is 0.305 e. The molecule has 0 aliphatic heterocycles. The van der Waals surface area contributed by atoms with Gasteiger partial charge in [0.25, 0.3) is 0 Å². The Labute approximate surface area is 449 Å². The summed E-state index contributed by atoms with van der Waals surface area (Å²) in [6.45, 7) is 4.82. The zero-order chi connectivity index (χ0) is 52.2. The van der Waals surface area contributed by atoms with Gasteiger partial charge in [-0.1, -0.05) is 320 Å². The van der Waals surface area contributed by atoms with Gasteiger partial charge in [-0.3, -0.25) is 9.59 Å². The average molecular weight is 1010 g/mol. The third kappa shape index (κ3) is 57.4. The predicted molar refractivity (Wildman–Crippen MR) is 315 cm³/mol. The predicted octanol–water partition coefficient (Wildman–Crippen LogP) is 20.4. The van der Waals surface area contributed by atoms with E-state index in [-0.39, 0.29) is 18.5 Å². The molecule has 0 heterocycles.